The molecule has 94 valence electrons. The Bertz CT molecular complexity index is 202. The number of fused-ring (bicyclic) bond motifs is 2. The highest BCUT2D eigenvalue weighted by Crippen LogP contribution is 2.49. The van der Waals surface area contributed by atoms with Crippen LogP contribution in [0.25, 0.3) is 0 Å². The molecule has 2 aliphatic rings. The van der Waals surface area contributed by atoms with Crippen molar-refractivity contribution in [2.45, 2.75) is 71.3 Å². The van der Waals surface area contributed by atoms with Crippen LogP contribution >= 0.6 is 0 Å². The molecular formula is C15H29N. The van der Waals surface area contributed by atoms with Gasteiger partial charge in [-0.25, -0.2) is 0 Å². The van der Waals surface area contributed by atoms with Gasteiger partial charge in [-0.1, -0.05) is 26.2 Å². The molecule has 2 saturated carbocycles. The molecule has 0 aromatic rings. The summed E-state index contributed by atoms with van der Waals surface area (Å²) >= 11 is 0. The Morgan fingerprint density at radius 3 is 2.75 bits per heavy atom. The molecule has 2 aliphatic carbocycles. The number of hydrogen-bond acceptors (Lipinski definition) is 1. The van der Waals surface area contributed by atoms with Crippen molar-refractivity contribution in [2.75, 3.05) is 6.54 Å². The van der Waals surface area contributed by atoms with Gasteiger partial charge in [0.25, 0.3) is 0 Å². The Labute approximate surface area is 101 Å². The molecule has 2 fully saturated rings. The van der Waals surface area contributed by atoms with Gasteiger partial charge in [-0.15, -0.1) is 0 Å². The van der Waals surface area contributed by atoms with E-state index in [0.29, 0.717) is 0 Å². The maximum Gasteiger partial charge on any atom is 0.00387 e. The zero-order valence-corrected chi connectivity index (χ0v) is 11.2. The summed E-state index contributed by atoms with van der Waals surface area (Å²) in [5.74, 6) is 3.37. The largest absolute Gasteiger partial charge is 0.314 e. The Hall–Kier alpha value is -0.0400. The monoisotopic (exact) mass is 223 g/mol. The molecule has 2 rings (SSSR count). The van der Waals surface area contributed by atoms with Crippen molar-refractivity contribution in [1.29, 1.82) is 0 Å². The third kappa shape index (κ3) is 3.23. The minimum absolute atomic E-state index is 0.735. The molecule has 0 spiro atoms. The van der Waals surface area contributed by atoms with Crippen LogP contribution in [-0.4, -0.2) is 12.6 Å². The first-order valence-corrected chi connectivity index (χ1v) is 7.53. The second-order valence-electron chi connectivity index (χ2n) is 6.22. The predicted molar refractivity (Wildman–Crippen MR) is 70.5 cm³/mol. The van der Waals surface area contributed by atoms with E-state index in [9.17, 15) is 0 Å². The van der Waals surface area contributed by atoms with Crippen molar-refractivity contribution in [3.63, 3.8) is 0 Å². The molecule has 0 aromatic heterocycles. The lowest BCUT2D eigenvalue weighted by Crippen LogP contribution is -2.26. The molecule has 4 atom stereocenters. The predicted octanol–water partition coefficient (Wildman–Crippen LogP) is 3.98. The molecule has 1 nitrogen and oxygen atoms in total. The summed E-state index contributed by atoms with van der Waals surface area (Å²) < 4.78 is 0. The van der Waals surface area contributed by atoms with Crippen molar-refractivity contribution in [3.05, 3.63) is 0 Å². The van der Waals surface area contributed by atoms with E-state index in [1.807, 2.05) is 0 Å². The van der Waals surface area contributed by atoms with Crippen LogP contribution < -0.4 is 5.32 Å². The second kappa shape index (κ2) is 6.05. The summed E-state index contributed by atoms with van der Waals surface area (Å²) in [5, 5.41) is 3.59. The van der Waals surface area contributed by atoms with Crippen LogP contribution in [0, 0.1) is 17.8 Å². The molecule has 1 N–H and O–H groups in total. The maximum absolute atomic E-state index is 3.59. The molecule has 0 saturated heterocycles. The highest BCUT2D eigenvalue weighted by Gasteiger charge is 2.38. The number of hydrogen-bond donors (Lipinski definition) is 1. The van der Waals surface area contributed by atoms with Crippen LogP contribution in [0.2, 0.25) is 0 Å². The molecule has 4 unspecified atom stereocenters. The SMILES string of the molecule is CCCNC(C)CCCC1CC2CCC1C2. The Morgan fingerprint density at radius 1 is 1.25 bits per heavy atom. The van der Waals surface area contributed by atoms with E-state index in [1.54, 1.807) is 25.7 Å². The smallest absolute Gasteiger partial charge is 0.00387 e. The Morgan fingerprint density at radius 2 is 2.12 bits per heavy atom. The zero-order chi connectivity index (χ0) is 11.4. The average Bonchev–Trinajstić information content (AvgIpc) is 2.88. The summed E-state index contributed by atoms with van der Waals surface area (Å²) in [6, 6.07) is 0.735. The minimum atomic E-state index is 0.735. The van der Waals surface area contributed by atoms with Crippen LogP contribution in [0.5, 0.6) is 0 Å². The van der Waals surface area contributed by atoms with Crippen LogP contribution in [0.1, 0.15) is 65.2 Å². The maximum atomic E-state index is 3.59. The molecule has 0 aliphatic heterocycles. The van der Waals surface area contributed by atoms with Gasteiger partial charge in [0.2, 0.25) is 0 Å². The molecule has 0 heterocycles. The van der Waals surface area contributed by atoms with E-state index >= 15 is 0 Å². The first kappa shape index (κ1) is 12.4. The summed E-state index contributed by atoms with van der Waals surface area (Å²) in [6.45, 7) is 5.78. The molecular weight excluding hydrogens is 194 g/mol. The third-order valence-electron chi connectivity index (χ3n) is 4.84. The summed E-state index contributed by atoms with van der Waals surface area (Å²) in [5.41, 5.74) is 0. The molecule has 0 aromatic carbocycles. The van der Waals surface area contributed by atoms with Crippen molar-refractivity contribution in [3.8, 4) is 0 Å². The molecule has 16 heavy (non-hydrogen) atoms. The van der Waals surface area contributed by atoms with E-state index in [0.717, 1.165) is 23.8 Å². The van der Waals surface area contributed by atoms with Crippen molar-refractivity contribution >= 4 is 0 Å². The lowest BCUT2D eigenvalue weighted by molar-refractivity contribution is 0.300. The average molecular weight is 223 g/mol. The standard InChI is InChI=1S/C15H29N/c1-3-9-16-12(2)5-4-6-14-10-13-7-8-15(14)11-13/h12-16H,3-11H2,1-2H3. The first-order chi connectivity index (χ1) is 7.79. The fourth-order valence-corrected chi connectivity index (χ4v) is 3.91. The summed E-state index contributed by atoms with van der Waals surface area (Å²) in [6.07, 6.45) is 11.9. The molecule has 2 bridgehead atoms. The van der Waals surface area contributed by atoms with Crippen molar-refractivity contribution < 1.29 is 0 Å². The van der Waals surface area contributed by atoms with E-state index in [-0.39, 0.29) is 0 Å². The van der Waals surface area contributed by atoms with Crippen LogP contribution in [0.4, 0.5) is 0 Å². The number of rotatable bonds is 7. The Balaban J connectivity index is 1.54. The van der Waals surface area contributed by atoms with Crippen molar-refractivity contribution in [2.24, 2.45) is 17.8 Å². The number of nitrogens with one attached hydrogen (secondary N) is 1. The van der Waals surface area contributed by atoms with Crippen LogP contribution in [-0.2, 0) is 0 Å². The fraction of sp³-hybridized carbons (Fsp3) is 1.00. The molecule has 1 heteroatoms. The molecule has 0 amide bonds. The van der Waals surface area contributed by atoms with Crippen molar-refractivity contribution in [1.82, 2.24) is 5.32 Å². The van der Waals surface area contributed by atoms with Gasteiger partial charge in [0.1, 0.15) is 0 Å². The first-order valence-electron chi connectivity index (χ1n) is 7.53. The highest BCUT2D eigenvalue weighted by atomic mass is 14.9. The minimum Gasteiger partial charge on any atom is -0.314 e. The van der Waals surface area contributed by atoms with E-state index in [1.165, 1.54) is 32.2 Å². The lowest BCUT2D eigenvalue weighted by Gasteiger charge is -2.22. The molecule has 0 radical (unpaired) electrons. The third-order valence-corrected chi connectivity index (χ3v) is 4.84. The lowest BCUT2D eigenvalue weighted by atomic mass is 9.85. The van der Waals surface area contributed by atoms with Gasteiger partial charge in [0.15, 0.2) is 0 Å². The zero-order valence-electron chi connectivity index (χ0n) is 11.2. The quantitative estimate of drug-likeness (QED) is 0.688. The second-order valence-corrected chi connectivity index (χ2v) is 6.22. The van der Waals surface area contributed by atoms with Crippen LogP contribution in [0.15, 0.2) is 0 Å². The normalized spacial score (nSPS) is 34.5. The highest BCUT2D eigenvalue weighted by molar-refractivity contribution is 4.89. The van der Waals surface area contributed by atoms with E-state index in [4.69, 9.17) is 0 Å². The van der Waals surface area contributed by atoms with Gasteiger partial charge in [-0.2, -0.15) is 0 Å². The van der Waals surface area contributed by atoms with Crippen LogP contribution in [0.3, 0.4) is 0 Å². The topological polar surface area (TPSA) is 12.0 Å². The summed E-state index contributed by atoms with van der Waals surface area (Å²) in [4.78, 5) is 0. The van der Waals surface area contributed by atoms with Gasteiger partial charge >= 0.3 is 0 Å². The van der Waals surface area contributed by atoms with Gasteiger partial charge in [0, 0.05) is 6.04 Å². The summed E-state index contributed by atoms with van der Waals surface area (Å²) in [7, 11) is 0. The fourth-order valence-electron chi connectivity index (χ4n) is 3.91. The van der Waals surface area contributed by atoms with E-state index in [2.05, 4.69) is 19.2 Å². The van der Waals surface area contributed by atoms with Gasteiger partial charge in [-0.05, 0) is 63.3 Å². The van der Waals surface area contributed by atoms with Gasteiger partial charge < -0.3 is 5.32 Å². The Kier molecular flexibility index (Phi) is 4.69. The van der Waals surface area contributed by atoms with E-state index < -0.39 is 0 Å². The van der Waals surface area contributed by atoms with Gasteiger partial charge in [-0.3, -0.25) is 0 Å². The van der Waals surface area contributed by atoms with Gasteiger partial charge in [0.05, 0.1) is 0 Å².